The molecule has 1 unspecified atom stereocenters. The second-order valence-electron chi connectivity index (χ2n) is 4.52. The molecule has 3 rings (SSSR count). The van der Waals surface area contributed by atoms with Gasteiger partial charge in [-0.2, -0.15) is 0 Å². The lowest BCUT2D eigenvalue weighted by Gasteiger charge is -2.22. The van der Waals surface area contributed by atoms with Gasteiger partial charge < -0.3 is 15.4 Å². The highest BCUT2D eigenvalue weighted by Gasteiger charge is 2.22. The number of rotatable bonds is 3. The number of morpholine rings is 1. The largest absolute Gasteiger partial charge is 0.378 e. The molecule has 2 N–H and O–H groups in total. The van der Waals surface area contributed by atoms with Crippen molar-refractivity contribution in [1.82, 2.24) is 10.3 Å². The Hall–Kier alpha value is -1.28. The average molecular weight is 309 g/mol. The van der Waals surface area contributed by atoms with E-state index in [4.69, 9.17) is 4.74 Å². The summed E-state index contributed by atoms with van der Waals surface area (Å²) in [4.78, 5) is 18.9. The van der Waals surface area contributed by atoms with Gasteiger partial charge in [-0.05, 0) is 19.1 Å². The van der Waals surface area contributed by atoms with E-state index < -0.39 is 0 Å². The minimum atomic E-state index is -0.292. The summed E-state index contributed by atoms with van der Waals surface area (Å²) in [5, 5.41) is 8.55. The van der Waals surface area contributed by atoms with Crippen molar-refractivity contribution in [2.45, 2.75) is 13.0 Å². The van der Waals surface area contributed by atoms with Gasteiger partial charge >= 0.3 is 0 Å². The first-order valence-corrected chi connectivity index (χ1v) is 8.06. The molecule has 0 aromatic carbocycles. The van der Waals surface area contributed by atoms with E-state index >= 15 is 0 Å². The highest BCUT2D eigenvalue weighted by Crippen LogP contribution is 2.30. The van der Waals surface area contributed by atoms with E-state index in [-0.39, 0.29) is 11.9 Å². The molecular weight excluding hydrogens is 294 g/mol. The van der Waals surface area contributed by atoms with Crippen LogP contribution in [-0.2, 0) is 9.53 Å². The van der Waals surface area contributed by atoms with Gasteiger partial charge in [0, 0.05) is 16.8 Å². The number of amides is 1. The minimum Gasteiger partial charge on any atom is -0.378 e. The van der Waals surface area contributed by atoms with Gasteiger partial charge in [0.1, 0.15) is 6.04 Å². The molecule has 0 aliphatic carbocycles. The van der Waals surface area contributed by atoms with Crippen molar-refractivity contribution in [1.29, 1.82) is 0 Å². The molecule has 0 saturated carbocycles. The molecule has 2 aromatic rings. The number of carbonyl (C=O) groups excluding carboxylic acids is 1. The van der Waals surface area contributed by atoms with Crippen molar-refractivity contribution >= 4 is 33.7 Å². The topological polar surface area (TPSA) is 63.2 Å². The Morgan fingerprint density at radius 1 is 1.55 bits per heavy atom. The van der Waals surface area contributed by atoms with Crippen molar-refractivity contribution in [3.8, 4) is 10.6 Å². The number of ether oxygens (including phenoxy) is 1. The number of thiazole rings is 1. The fourth-order valence-corrected chi connectivity index (χ4v) is 3.56. The summed E-state index contributed by atoms with van der Waals surface area (Å²) in [6.07, 6.45) is 0. The maximum atomic E-state index is 12.0. The SMILES string of the molecule is Cc1ccc(-c2csc(NC(=O)C3COCCN3)n2)s1. The van der Waals surface area contributed by atoms with Gasteiger partial charge in [0.25, 0.3) is 0 Å². The Morgan fingerprint density at radius 3 is 3.15 bits per heavy atom. The first-order valence-electron chi connectivity index (χ1n) is 6.37. The smallest absolute Gasteiger partial charge is 0.245 e. The van der Waals surface area contributed by atoms with Gasteiger partial charge in [0.2, 0.25) is 5.91 Å². The van der Waals surface area contributed by atoms with Crippen molar-refractivity contribution in [2.24, 2.45) is 0 Å². The predicted molar refractivity (Wildman–Crippen MR) is 81.4 cm³/mol. The number of hydrogen-bond acceptors (Lipinski definition) is 6. The molecule has 0 bridgehead atoms. The lowest BCUT2D eigenvalue weighted by molar-refractivity contribution is -0.120. The summed E-state index contributed by atoms with van der Waals surface area (Å²) in [6.45, 7) is 3.84. The number of carbonyl (C=O) groups is 1. The Kier molecular flexibility index (Phi) is 4.11. The highest BCUT2D eigenvalue weighted by molar-refractivity contribution is 7.17. The van der Waals surface area contributed by atoms with E-state index in [1.165, 1.54) is 16.2 Å². The third kappa shape index (κ3) is 3.06. The fraction of sp³-hybridized carbons (Fsp3) is 0.385. The molecule has 2 aromatic heterocycles. The van der Waals surface area contributed by atoms with Crippen LogP contribution in [0.25, 0.3) is 10.6 Å². The van der Waals surface area contributed by atoms with Gasteiger partial charge in [0.05, 0.1) is 23.8 Å². The summed E-state index contributed by atoms with van der Waals surface area (Å²) in [7, 11) is 0. The third-order valence-electron chi connectivity index (χ3n) is 2.97. The van der Waals surface area contributed by atoms with Gasteiger partial charge in [-0.25, -0.2) is 4.98 Å². The fourth-order valence-electron chi connectivity index (χ4n) is 1.94. The van der Waals surface area contributed by atoms with Crippen LogP contribution in [0.2, 0.25) is 0 Å². The van der Waals surface area contributed by atoms with Crippen LogP contribution >= 0.6 is 22.7 Å². The number of nitrogens with one attached hydrogen (secondary N) is 2. The predicted octanol–water partition coefficient (Wildman–Crippen LogP) is 2.11. The molecule has 1 fully saturated rings. The van der Waals surface area contributed by atoms with Gasteiger partial charge in [0.15, 0.2) is 5.13 Å². The van der Waals surface area contributed by atoms with Crippen LogP contribution in [0.3, 0.4) is 0 Å². The molecule has 5 nitrogen and oxygen atoms in total. The van der Waals surface area contributed by atoms with Gasteiger partial charge in [-0.3, -0.25) is 4.79 Å². The Bertz CT molecular complexity index is 602. The Labute approximate surface area is 125 Å². The van der Waals surface area contributed by atoms with Crippen LogP contribution in [0, 0.1) is 6.92 Å². The van der Waals surface area contributed by atoms with Crippen LogP contribution in [0.5, 0.6) is 0 Å². The zero-order chi connectivity index (χ0) is 13.9. The minimum absolute atomic E-state index is 0.0899. The Morgan fingerprint density at radius 2 is 2.45 bits per heavy atom. The number of thiophene rings is 1. The molecule has 7 heteroatoms. The third-order valence-corrected chi connectivity index (χ3v) is 4.75. The summed E-state index contributed by atoms with van der Waals surface area (Å²) in [5.41, 5.74) is 0.913. The lowest BCUT2D eigenvalue weighted by atomic mass is 10.2. The summed E-state index contributed by atoms with van der Waals surface area (Å²) in [5.74, 6) is -0.0899. The number of anilines is 1. The zero-order valence-electron chi connectivity index (χ0n) is 11.0. The van der Waals surface area contributed by atoms with Gasteiger partial charge in [-0.15, -0.1) is 22.7 Å². The maximum absolute atomic E-state index is 12.0. The molecular formula is C13H15N3O2S2. The lowest BCUT2D eigenvalue weighted by Crippen LogP contribution is -2.48. The summed E-state index contributed by atoms with van der Waals surface area (Å²) in [6, 6.07) is 3.83. The number of hydrogen-bond donors (Lipinski definition) is 2. The Balaban J connectivity index is 1.66. The molecule has 1 atom stereocenters. The molecule has 106 valence electrons. The van der Waals surface area contributed by atoms with E-state index in [2.05, 4.69) is 34.7 Å². The molecule has 1 amide bonds. The molecule has 1 aliphatic rings. The number of aryl methyl sites for hydroxylation is 1. The van der Waals surface area contributed by atoms with Crippen molar-refractivity contribution < 1.29 is 9.53 Å². The van der Waals surface area contributed by atoms with Crippen molar-refractivity contribution in [2.75, 3.05) is 25.1 Å². The zero-order valence-corrected chi connectivity index (χ0v) is 12.6. The molecule has 1 saturated heterocycles. The molecule has 3 heterocycles. The van der Waals surface area contributed by atoms with Crippen LogP contribution < -0.4 is 10.6 Å². The van der Waals surface area contributed by atoms with E-state index in [0.29, 0.717) is 24.9 Å². The van der Waals surface area contributed by atoms with Crippen molar-refractivity contribution in [3.05, 3.63) is 22.4 Å². The van der Waals surface area contributed by atoms with Crippen LogP contribution in [0.1, 0.15) is 4.88 Å². The van der Waals surface area contributed by atoms with E-state index in [1.54, 1.807) is 11.3 Å². The standard InChI is InChI=1S/C13H15N3O2S2/c1-8-2-3-11(20-8)10-7-19-13(15-10)16-12(17)9-6-18-5-4-14-9/h2-3,7,9,14H,4-6H2,1H3,(H,15,16,17). The monoisotopic (exact) mass is 309 g/mol. The van der Waals surface area contributed by atoms with Crippen molar-refractivity contribution in [3.63, 3.8) is 0 Å². The van der Waals surface area contributed by atoms with E-state index in [1.807, 2.05) is 5.38 Å². The summed E-state index contributed by atoms with van der Waals surface area (Å²) < 4.78 is 5.28. The second-order valence-corrected chi connectivity index (χ2v) is 6.67. The average Bonchev–Trinajstić information content (AvgIpc) is 3.09. The van der Waals surface area contributed by atoms with E-state index in [9.17, 15) is 4.79 Å². The maximum Gasteiger partial charge on any atom is 0.245 e. The molecule has 0 spiro atoms. The molecule has 0 radical (unpaired) electrons. The van der Waals surface area contributed by atoms with Crippen LogP contribution in [0.15, 0.2) is 17.5 Å². The first-order chi connectivity index (χ1) is 9.72. The normalized spacial score (nSPS) is 18.9. The molecule has 1 aliphatic heterocycles. The first kappa shape index (κ1) is 13.7. The molecule has 20 heavy (non-hydrogen) atoms. The second kappa shape index (κ2) is 6.01. The highest BCUT2D eigenvalue weighted by atomic mass is 32.1. The van der Waals surface area contributed by atoms with Crippen LogP contribution in [0.4, 0.5) is 5.13 Å². The number of aromatic nitrogens is 1. The quantitative estimate of drug-likeness (QED) is 0.911. The number of nitrogens with zero attached hydrogens (tertiary/aromatic N) is 1. The van der Waals surface area contributed by atoms with Gasteiger partial charge in [-0.1, -0.05) is 0 Å². The van der Waals surface area contributed by atoms with E-state index in [0.717, 1.165) is 10.6 Å². The van der Waals surface area contributed by atoms with Crippen LogP contribution in [-0.4, -0.2) is 36.7 Å². The summed E-state index contributed by atoms with van der Waals surface area (Å²) >= 11 is 3.14.